The molecule has 0 spiro atoms. The second kappa shape index (κ2) is 8.72. The van der Waals surface area contributed by atoms with Crippen molar-refractivity contribution in [3.8, 4) is 5.75 Å². The fraction of sp³-hybridized carbons (Fsp3) is 0.455. The highest BCUT2D eigenvalue weighted by Gasteiger charge is 2.23. The first-order chi connectivity index (χ1) is 12.9. The Hall–Kier alpha value is -2.11. The lowest BCUT2D eigenvalue weighted by Gasteiger charge is -2.34. The molecule has 1 atom stereocenters. The second-order valence-electron chi connectivity index (χ2n) is 7.61. The highest BCUT2D eigenvalue weighted by molar-refractivity contribution is 5.46. The Labute approximate surface area is 161 Å². The first kappa shape index (κ1) is 19.6. The zero-order valence-electron chi connectivity index (χ0n) is 16.5. The number of aliphatic hydroxyl groups excluding tert-OH is 1. The first-order valence-electron chi connectivity index (χ1n) is 9.65. The standard InChI is InChI=1S/C22H29FN2O2/c1-16-12-17(2)22(18(3)13-16)27-15-21(26)14-24-8-10-25(11-9-24)20-6-4-19(23)5-7-20/h4-7,12-13,21,26H,8-11,14-15H2,1-3H3/p+1/t21-/m1/s1. The third kappa shape index (κ3) is 5.21. The van der Waals surface area contributed by atoms with E-state index in [9.17, 15) is 9.50 Å². The van der Waals surface area contributed by atoms with Crippen molar-refractivity contribution in [1.82, 2.24) is 0 Å². The largest absolute Gasteiger partial charge is 0.490 e. The molecule has 1 saturated heterocycles. The first-order valence-corrected chi connectivity index (χ1v) is 9.65. The molecule has 1 aliphatic rings. The van der Waals surface area contributed by atoms with Crippen molar-refractivity contribution >= 4 is 5.69 Å². The van der Waals surface area contributed by atoms with Crippen LogP contribution in [-0.4, -0.2) is 50.5 Å². The van der Waals surface area contributed by atoms with Gasteiger partial charge in [-0.25, -0.2) is 4.39 Å². The zero-order chi connectivity index (χ0) is 19.4. The number of halogens is 1. The predicted octanol–water partition coefficient (Wildman–Crippen LogP) is 1.90. The molecule has 0 unspecified atom stereocenters. The number of hydrogen-bond acceptors (Lipinski definition) is 3. The number of ether oxygens (including phenoxy) is 1. The van der Waals surface area contributed by atoms with Crippen LogP contribution in [0.3, 0.4) is 0 Å². The Bertz CT molecular complexity index is 732. The van der Waals surface area contributed by atoms with Crippen molar-refractivity contribution in [3.05, 3.63) is 58.9 Å². The lowest BCUT2D eigenvalue weighted by molar-refractivity contribution is -0.903. The van der Waals surface area contributed by atoms with Gasteiger partial charge in [0.1, 0.15) is 30.8 Å². The van der Waals surface area contributed by atoms with Crippen LogP contribution in [-0.2, 0) is 0 Å². The molecular weight excluding hydrogens is 343 g/mol. The summed E-state index contributed by atoms with van der Waals surface area (Å²) in [5, 5.41) is 10.4. The van der Waals surface area contributed by atoms with Gasteiger partial charge in [0.15, 0.2) is 0 Å². The van der Waals surface area contributed by atoms with Gasteiger partial charge >= 0.3 is 0 Å². The molecule has 5 heteroatoms. The van der Waals surface area contributed by atoms with Crippen LogP contribution < -0.4 is 14.5 Å². The van der Waals surface area contributed by atoms with E-state index in [4.69, 9.17) is 4.74 Å². The number of aryl methyl sites for hydroxylation is 3. The van der Waals surface area contributed by atoms with E-state index >= 15 is 0 Å². The summed E-state index contributed by atoms with van der Waals surface area (Å²) in [7, 11) is 0. The Morgan fingerprint density at radius 3 is 2.26 bits per heavy atom. The Kier molecular flexibility index (Phi) is 6.34. The average Bonchev–Trinajstić information content (AvgIpc) is 2.62. The lowest BCUT2D eigenvalue weighted by atomic mass is 10.1. The number of nitrogens with zero attached hydrogens (tertiary/aromatic N) is 1. The van der Waals surface area contributed by atoms with Gasteiger partial charge in [0.2, 0.25) is 0 Å². The van der Waals surface area contributed by atoms with Gasteiger partial charge < -0.3 is 19.6 Å². The van der Waals surface area contributed by atoms with Crippen LogP contribution >= 0.6 is 0 Å². The predicted molar refractivity (Wildman–Crippen MR) is 106 cm³/mol. The van der Waals surface area contributed by atoms with Gasteiger partial charge in [0.25, 0.3) is 0 Å². The fourth-order valence-electron chi connectivity index (χ4n) is 3.90. The summed E-state index contributed by atoms with van der Waals surface area (Å²) in [5.74, 6) is 0.681. The number of rotatable bonds is 6. The molecule has 27 heavy (non-hydrogen) atoms. The Balaban J connectivity index is 1.46. The maximum Gasteiger partial charge on any atom is 0.137 e. The summed E-state index contributed by atoms with van der Waals surface area (Å²) in [6.07, 6.45) is -0.488. The molecule has 0 aromatic heterocycles. The number of piperazine rings is 1. The van der Waals surface area contributed by atoms with Crippen molar-refractivity contribution in [3.63, 3.8) is 0 Å². The van der Waals surface area contributed by atoms with Gasteiger partial charge in [0, 0.05) is 5.69 Å². The molecule has 1 aliphatic heterocycles. The highest BCUT2D eigenvalue weighted by atomic mass is 19.1. The molecule has 0 saturated carbocycles. The van der Waals surface area contributed by atoms with Crippen LogP contribution in [0.2, 0.25) is 0 Å². The molecule has 3 rings (SSSR count). The van der Waals surface area contributed by atoms with Crippen LogP contribution in [0.5, 0.6) is 5.75 Å². The van der Waals surface area contributed by atoms with Crippen molar-refractivity contribution in [2.75, 3.05) is 44.2 Å². The van der Waals surface area contributed by atoms with Crippen LogP contribution in [0.25, 0.3) is 0 Å². The molecule has 0 radical (unpaired) electrons. The summed E-state index contributed by atoms with van der Waals surface area (Å²) in [4.78, 5) is 3.65. The summed E-state index contributed by atoms with van der Waals surface area (Å²) < 4.78 is 19.0. The summed E-state index contributed by atoms with van der Waals surface area (Å²) in [6, 6.07) is 10.9. The topological polar surface area (TPSA) is 37.1 Å². The van der Waals surface area contributed by atoms with E-state index in [1.54, 1.807) is 0 Å². The maximum atomic E-state index is 13.1. The van der Waals surface area contributed by atoms with E-state index in [0.29, 0.717) is 13.2 Å². The van der Waals surface area contributed by atoms with Crippen molar-refractivity contribution in [1.29, 1.82) is 0 Å². The molecule has 1 heterocycles. The van der Waals surface area contributed by atoms with Gasteiger partial charge in [-0.15, -0.1) is 0 Å². The van der Waals surface area contributed by atoms with E-state index in [0.717, 1.165) is 48.7 Å². The number of nitrogens with one attached hydrogen (secondary N) is 1. The van der Waals surface area contributed by atoms with Gasteiger partial charge in [0.05, 0.1) is 26.2 Å². The molecule has 2 N–H and O–H groups in total. The van der Waals surface area contributed by atoms with E-state index in [1.807, 2.05) is 26.0 Å². The second-order valence-corrected chi connectivity index (χ2v) is 7.61. The fourth-order valence-corrected chi connectivity index (χ4v) is 3.90. The molecule has 2 aromatic carbocycles. The van der Waals surface area contributed by atoms with Crippen molar-refractivity contribution in [2.24, 2.45) is 0 Å². The SMILES string of the molecule is Cc1cc(C)c(OC[C@H](O)C[NH+]2CCN(c3ccc(F)cc3)CC2)c(C)c1. The third-order valence-corrected chi connectivity index (χ3v) is 5.21. The minimum atomic E-state index is -0.488. The quantitative estimate of drug-likeness (QED) is 0.812. The monoisotopic (exact) mass is 373 g/mol. The van der Waals surface area contributed by atoms with Crippen LogP contribution in [0.15, 0.2) is 36.4 Å². The minimum Gasteiger partial charge on any atom is -0.490 e. The molecule has 0 bridgehead atoms. The van der Waals surface area contributed by atoms with Crippen molar-refractivity contribution < 1.29 is 19.1 Å². The molecule has 2 aromatic rings. The smallest absolute Gasteiger partial charge is 0.137 e. The van der Waals surface area contributed by atoms with E-state index in [1.165, 1.54) is 22.6 Å². The maximum absolute atomic E-state index is 13.1. The molecule has 4 nitrogen and oxygen atoms in total. The number of aliphatic hydroxyl groups is 1. The third-order valence-electron chi connectivity index (χ3n) is 5.21. The van der Waals surface area contributed by atoms with Crippen molar-refractivity contribution in [2.45, 2.75) is 26.9 Å². The number of hydrogen-bond donors (Lipinski definition) is 2. The number of anilines is 1. The van der Waals surface area contributed by atoms with Gasteiger partial charge in [-0.3, -0.25) is 0 Å². The lowest BCUT2D eigenvalue weighted by Crippen LogP contribution is -3.16. The van der Waals surface area contributed by atoms with Gasteiger partial charge in [-0.05, 0) is 56.2 Å². The summed E-state index contributed by atoms with van der Waals surface area (Å²) >= 11 is 0. The number of quaternary nitrogens is 1. The van der Waals surface area contributed by atoms with Crippen LogP contribution in [0.1, 0.15) is 16.7 Å². The van der Waals surface area contributed by atoms with E-state index in [-0.39, 0.29) is 5.82 Å². The summed E-state index contributed by atoms with van der Waals surface area (Å²) in [6.45, 7) is 10.9. The van der Waals surface area contributed by atoms with Crippen LogP contribution in [0, 0.1) is 26.6 Å². The molecule has 0 amide bonds. The Morgan fingerprint density at radius 1 is 1.07 bits per heavy atom. The van der Waals surface area contributed by atoms with Crippen LogP contribution in [0.4, 0.5) is 10.1 Å². The normalized spacial score (nSPS) is 16.4. The van der Waals surface area contributed by atoms with Gasteiger partial charge in [-0.1, -0.05) is 17.7 Å². The Morgan fingerprint density at radius 2 is 1.67 bits per heavy atom. The number of benzene rings is 2. The van der Waals surface area contributed by atoms with E-state index in [2.05, 4.69) is 24.0 Å². The zero-order valence-corrected chi connectivity index (χ0v) is 16.5. The minimum absolute atomic E-state index is 0.204. The average molecular weight is 373 g/mol. The molecule has 146 valence electrons. The van der Waals surface area contributed by atoms with E-state index < -0.39 is 6.10 Å². The molecule has 0 aliphatic carbocycles. The summed E-state index contributed by atoms with van der Waals surface area (Å²) in [5.41, 5.74) is 4.51. The molecular formula is C22H30FN2O2+. The van der Waals surface area contributed by atoms with Gasteiger partial charge in [-0.2, -0.15) is 0 Å². The molecule has 1 fully saturated rings. The highest BCUT2D eigenvalue weighted by Crippen LogP contribution is 2.24.